The molecular formula is C18H24N2O2. The monoisotopic (exact) mass is 300 g/mol. The molecule has 1 aromatic rings. The van der Waals surface area contributed by atoms with Crippen LogP contribution in [0.2, 0.25) is 0 Å². The van der Waals surface area contributed by atoms with Crippen LogP contribution in [0, 0.1) is 5.92 Å². The van der Waals surface area contributed by atoms with Gasteiger partial charge >= 0.3 is 0 Å². The van der Waals surface area contributed by atoms with E-state index in [0.29, 0.717) is 13.1 Å². The Kier molecular flexibility index (Phi) is 3.78. The van der Waals surface area contributed by atoms with E-state index in [1.54, 1.807) is 0 Å². The van der Waals surface area contributed by atoms with Gasteiger partial charge in [-0.05, 0) is 50.2 Å². The van der Waals surface area contributed by atoms with Crippen molar-refractivity contribution in [3.8, 4) is 0 Å². The topological polar surface area (TPSA) is 34.5 Å². The molecule has 0 saturated heterocycles. The summed E-state index contributed by atoms with van der Waals surface area (Å²) < 4.78 is 8.37. The second kappa shape index (κ2) is 5.92. The fourth-order valence-corrected chi connectivity index (χ4v) is 3.44. The van der Waals surface area contributed by atoms with E-state index in [1.807, 2.05) is 4.90 Å². The molecule has 1 aromatic heterocycles. The van der Waals surface area contributed by atoms with E-state index in [2.05, 4.69) is 29.0 Å². The molecule has 0 bridgehead atoms. The summed E-state index contributed by atoms with van der Waals surface area (Å²) in [5.41, 5.74) is 2.21. The van der Waals surface area contributed by atoms with Gasteiger partial charge in [-0.2, -0.15) is 0 Å². The van der Waals surface area contributed by atoms with E-state index in [0.717, 1.165) is 43.9 Å². The zero-order valence-electron chi connectivity index (χ0n) is 13.0. The van der Waals surface area contributed by atoms with Gasteiger partial charge in [0.1, 0.15) is 0 Å². The highest BCUT2D eigenvalue weighted by Gasteiger charge is 2.29. The molecule has 0 aromatic carbocycles. The average molecular weight is 300 g/mol. The van der Waals surface area contributed by atoms with E-state index in [9.17, 15) is 4.79 Å². The number of rotatable bonds is 4. The number of ether oxygens (including phenoxy) is 1. The molecule has 1 saturated carbocycles. The lowest BCUT2D eigenvalue weighted by Gasteiger charge is -2.25. The van der Waals surface area contributed by atoms with E-state index in [4.69, 9.17) is 4.74 Å². The molecule has 1 atom stereocenters. The summed E-state index contributed by atoms with van der Waals surface area (Å²) in [6.07, 6.45) is 10.0. The summed E-state index contributed by atoms with van der Waals surface area (Å²) in [6.45, 7) is 3.13. The van der Waals surface area contributed by atoms with Gasteiger partial charge in [0.15, 0.2) is 0 Å². The van der Waals surface area contributed by atoms with Crippen LogP contribution in [0.4, 0.5) is 0 Å². The quantitative estimate of drug-likeness (QED) is 0.857. The summed E-state index contributed by atoms with van der Waals surface area (Å²) in [6, 6.07) is 4.18. The molecule has 4 rings (SSSR count). The second-order valence-electron chi connectivity index (χ2n) is 6.86. The molecule has 1 fully saturated rings. The molecule has 4 heteroatoms. The lowest BCUT2D eigenvalue weighted by atomic mass is 10.2. The molecular weight excluding hydrogens is 276 g/mol. The van der Waals surface area contributed by atoms with Gasteiger partial charge in [0.25, 0.3) is 0 Å². The van der Waals surface area contributed by atoms with Gasteiger partial charge in [-0.15, -0.1) is 0 Å². The molecule has 1 unspecified atom stereocenters. The van der Waals surface area contributed by atoms with Crippen molar-refractivity contribution in [3.63, 3.8) is 0 Å². The first-order valence-corrected chi connectivity index (χ1v) is 8.53. The van der Waals surface area contributed by atoms with Crippen LogP contribution < -0.4 is 0 Å². The van der Waals surface area contributed by atoms with Crippen LogP contribution in [0.3, 0.4) is 0 Å². The number of carbonyl (C=O) groups excluding carboxylic acids is 1. The van der Waals surface area contributed by atoms with E-state index < -0.39 is 0 Å². The van der Waals surface area contributed by atoms with Crippen molar-refractivity contribution in [2.24, 2.45) is 5.92 Å². The van der Waals surface area contributed by atoms with Gasteiger partial charge in [0.05, 0.1) is 19.2 Å². The number of allylic oxidation sites excluding steroid dienone is 1. The van der Waals surface area contributed by atoms with Crippen molar-refractivity contribution in [1.82, 2.24) is 9.47 Å². The van der Waals surface area contributed by atoms with Crippen molar-refractivity contribution < 1.29 is 9.53 Å². The Bertz CT molecular complexity index is 586. The number of amides is 1. The van der Waals surface area contributed by atoms with E-state index >= 15 is 0 Å². The molecule has 0 N–H and O–H groups in total. The normalized spacial score (nSPS) is 24.8. The highest BCUT2D eigenvalue weighted by molar-refractivity contribution is 5.93. The zero-order chi connectivity index (χ0) is 14.9. The van der Waals surface area contributed by atoms with Crippen molar-refractivity contribution in [2.75, 3.05) is 13.2 Å². The number of hydrogen-bond donors (Lipinski definition) is 0. The van der Waals surface area contributed by atoms with Gasteiger partial charge in [-0.1, -0.05) is 6.08 Å². The summed E-state index contributed by atoms with van der Waals surface area (Å²) in [5, 5.41) is 0. The van der Waals surface area contributed by atoms with Gasteiger partial charge in [0, 0.05) is 30.6 Å². The first kappa shape index (κ1) is 14.1. The lowest BCUT2D eigenvalue weighted by Crippen LogP contribution is -2.38. The van der Waals surface area contributed by atoms with Crippen molar-refractivity contribution in [3.05, 3.63) is 35.7 Å². The van der Waals surface area contributed by atoms with Crippen LogP contribution in [-0.2, 0) is 22.6 Å². The Hall–Kier alpha value is -1.55. The highest BCUT2D eigenvalue weighted by Crippen LogP contribution is 2.30. The lowest BCUT2D eigenvalue weighted by molar-refractivity contribution is -0.129. The van der Waals surface area contributed by atoms with Crippen molar-refractivity contribution >= 4 is 5.91 Å². The third-order valence-electron chi connectivity index (χ3n) is 4.97. The Morgan fingerprint density at radius 1 is 1.32 bits per heavy atom. The minimum Gasteiger partial charge on any atom is -0.374 e. The van der Waals surface area contributed by atoms with Gasteiger partial charge in [-0.25, -0.2) is 0 Å². The average Bonchev–Trinajstić information content (AvgIpc) is 3.05. The number of hydrogen-bond acceptors (Lipinski definition) is 2. The van der Waals surface area contributed by atoms with Gasteiger partial charge in [0.2, 0.25) is 5.91 Å². The SMILES string of the molecule is O=C(C1=CCCC1)N1Cc2cccn2CC(OCC2CC2)C1. The first-order valence-electron chi connectivity index (χ1n) is 8.53. The Labute approximate surface area is 131 Å². The van der Waals surface area contributed by atoms with Crippen LogP contribution in [0.1, 0.15) is 37.8 Å². The number of fused-ring (bicyclic) bond motifs is 1. The maximum Gasteiger partial charge on any atom is 0.249 e. The Morgan fingerprint density at radius 2 is 2.23 bits per heavy atom. The van der Waals surface area contributed by atoms with Crippen LogP contribution in [0.5, 0.6) is 0 Å². The fraction of sp³-hybridized carbons (Fsp3) is 0.611. The largest absolute Gasteiger partial charge is 0.374 e. The van der Waals surface area contributed by atoms with Crippen molar-refractivity contribution in [1.29, 1.82) is 0 Å². The summed E-state index contributed by atoms with van der Waals surface area (Å²) in [5.74, 6) is 0.973. The highest BCUT2D eigenvalue weighted by atomic mass is 16.5. The summed E-state index contributed by atoms with van der Waals surface area (Å²) >= 11 is 0. The zero-order valence-corrected chi connectivity index (χ0v) is 13.0. The molecule has 3 aliphatic rings. The minimum atomic E-state index is 0.111. The predicted octanol–water partition coefficient (Wildman–Crippen LogP) is 2.74. The van der Waals surface area contributed by atoms with Crippen molar-refractivity contribution in [2.45, 2.75) is 51.3 Å². The van der Waals surface area contributed by atoms with Gasteiger partial charge in [-0.3, -0.25) is 4.79 Å². The molecule has 2 aliphatic carbocycles. The van der Waals surface area contributed by atoms with E-state index in [1.165, 1.54) is 18.5 Å². The van der Waals surface area contributed by atoms with Crippen LogP contribution >= 0.6 is 0 Å². The standard InChI is InChI=1S/C18H24N2O2/c21-18(15-4-1-2-5-15)20-10-16-6-3-9-19(16)11-17(12-20)22-13-14-7-8-14/h3-4,6,9,14,17H,1-2,5,7-8,10-13H2. The molecule has 22 heavy (non-hydrogen) atoms. The van der Waals surface area contributed by atoms with Gasteiger partial charge < -0.3 is 14.2 Å². The maximum atomic E-state index is 12.8. The molecule has 1 amide bonds. The molecule has 1 aliphatic heterocycles. The number of nitrogens with zero attached hydrogens (tertiary/aromatic N) is 2. The molecule has 0 radical (unpaired) electrons. The molecule has 0 spiro atoms. The smallest absolute Gasteiger partial charge is 0.249 e. The third-order valence-corrected chi connectivity index (χ3v) is 4.97. The molecule has 4 nitrogen and oxygen atoms in total. The second-order valence-corrected chi connectivity index (χ2v) is 6.86. The summed E-state index contributed by atoms with van der Waals surface area (Å²) in [7, 11) is 0. The molecule has 2 heterocycles. The molecule has 118 valence electrons. The van der Waals surface area contributed by atoms with E-state index in [-0.39, 0.29) is 12.0 Å². The maximum absolute atomic E-state index is 12.8. The number of aromatic nitrogens is 1. The van der Waals surface area contributed by atoms with Crippen LogP contribution in [0.25, 0.3) is 0 Å². The minimum absolute atomic E-state index is 0.111. The Morgan fingerprint density at radius 3 is 3.00 bits per heavy atom. The first-order chi connectivity index (χ1) is 10.8. The van der Waals surface area contributed by atoms with Crippen LogP contribution in [-0.4, -0.2) is 34.6 Å². The third kappa shape index (κ3) is 2.98. The van der Waals surface area contributed by atoms with Crippen LogP contribution in [0.15, 0.2) is 30.0 Å². The number of carbonyl (C=O) groups is 1. The predicted molar refractivity (Wildman–Crippen MR) is 84.2 cm³/mol. The Balaban J connectivity index is 1.50. The fourth-order valence-electron chi connectivity index (χ4n) is 3.44. The summed E-state index contributed by atoms with van der Waals surface area (Å²) in [4.78, 5) is 14.8.